The van der Waals surface area contributed by atoms with Crippen LogP contribution in [0.15, 0.2) is 24.3 Å². The maximum absolute atomic E-state index is 12.1. The molecule has 0 aromatic heterocycles. The van der Waals surface area contributed by atoms with E-state index >= 15 is 0 Å². The quantitative estimate of drug-likeness (QED) is 0.718. The fourth-order valence-corrected chi connectivity index (χ4v) is 2.72. The van der Waals surface area contributed by atoms with Gasteiger partial charge in [-0.2, -0.15) is 8.42 Å². The molecule has 124 valence electrons. The SMILES string of the molecule is CCC(C(=O)NCCS(=O)(=O)O)c1ccc(CC(C)C)cc1. The number of carbonyl (C=O) groups excluding carboxylic acids is 1. The molecule has 1 rings (SSSR count). The van der Waals surface area contributed by atoms with Gasteiger partial charge in [-0.05, 0) is 29.9 Å². The summed E-state index contributed by atoms with van der Waals surface area (Å²) in [4.78, 5) is 12.1. The van der Waals surface area contributed by atoms with Gasteiger partial charge in [-0.15, -0.1) is 0 Å². The van der Waals surface area contributed by atoms with E-state index in [0.29, 0.717) is 12.3 Å². The van der Waals surface area contributed by atoms with Crippen LogP contribution in [0.1, 0.15) is 44.2 Å². The smallest absolute Gasteiger partial charge is 0.266 e. The Morgan fingerprint density at radius 3 is 2.27 bits per heavy atom. The van der Waals surface area contributed by atoms with Gasteiger partial charge in [-0.1, -0.05) is 45.0 Å². The van der Waals surface area contributed by atoms with Crippen LogP contribution < -0.4 is 5.32 Å². The van der Waals surface area contributed by atoms with Gasteiger partial charge in [0.05, 0.1) is 11.7 Å². The molecule has 22 heavy (non-hydrogen) atoms. The summed E-state index contributed by atoms with van der Waals surface area (Å²) in [5.74, 6) is -0.420. The van der Waals surface area contributed by atoms with Crippen molar-refractivity contribution in [3.8, 4) is 0 Å². The van der Waals surface area contributed by atoms with Crippen LogP contribution >= 0.6 is 0 Å². The molecule has 0 fully saturated rings. The summed E-state index contributed by atoms with van der Waals surface area (Å²) in [6, 6.07) is 7.97. The van der Waals surface area contributed by atoms with E-state index in [0.717, 1.165) is 12.0 Å². The van der Waals surface area contributed by atoms with Gasteiger partial charge in [0, 0.05) is 6.54 Å². The molecule has 0 spiro atoms. The zero-order chi connectivity index (χ0) is 16.8. The van der Waals surface area contributed by atoms with Crippen molar-refractivity contribution in [1.82, 2.24) is 5.32 Å². The Balaban J connectivity index is 2.68. The number of carbonyl (C=O) groups is 1. The predicted molar refractivity (Wildman–Crippen MR) is 87.4 cm³/mol. The van der Waals surface area contributed by atoms with Gasteiger partial charge in [-0.3, -0.25) is 9.35 Å². The predicted octanol–water partition coefficient (Wildman–Crippen LogP) is 2.38. The Morgan fingerprint density at radius 2 is 1.82 bits per heavy atom. The fourth-order valence-electron chi connectivity index (χ4n) is 2.36. The van der Waals surface area contributed by atoms with Crippen molar-refractivity contribution in [1.29, 1.82) is 0 Å². The van der Waals surface area contributed by atoms with Crippen LogP contribution in [0.5, 0.6) is 0 Å². The number of rotatable bonds is 8. The highest BCUT2D eigenvalue weighted by Gasteiger charge is 2.19. The third-order valence-corrected chi connectivity index (χ3v) is 4.13. The standard InChI is InChI=1S/C16H25NO4S/c1-4-15(16(18)17-9-10-22(19,20)21)14-7-5-13(6-8-14)11-12(2)3/h5-8,12,15H,4,9-11H2,1-3H3,(H,17,18)(H,19,20,21). The molecule has 1 unspecified atom stereocenters. The second-order valence-corrected chi connectivity index (χ2v) is 7.45. The molecule has 0 radical (unpaired) electrons. The first kappa shape index (κ1) is 18.6. The highest BCUT2D eigenvalue weighted by molar-refractivity contribution is 7.85. The van der Waals surface area contributed by atoms with Crippen LogP contribution in [-0.2, 0) is 21.3 Å². The Hall–Kier alpha value is -1.40. The van der Waals surface area contributed by atoms with Crippen LogP contribution in [-0.4, -0.2) is 31.2 Å². The van der Waals surface area contributed by atoms with Gasteiger partial charge in [0.15, 0.2) is 0 Å². The van der Waals surface area contributed by atoms with E-state index < -0.39 is 15.9 Å². The molecular weight excluding hydrogens is 302 g/mol. The number of amides is 1. The van der Waals surface area contributed by atoms with Gasteiger partial charge >= 0.3 is 0 Å². The van der Waals surface area contributed by atoms with E-state index in [-0.39, 0.29) is 18.4 Å². The summed E-state index contributed by atoms with van der Waals surface area (Å²) in [7, 11) is -4.05. The minimum atomic E-state index is -4.05. The Labute approximate surface area is 132 Å². The molecule has 0 aliphatic heterocycles. The zero-order valence-corrected chi connectivity index (χ0v) is 14.2. The Morgan fingerprint density at radius 1 is 1.23 bits per heavy atom. The summed E-state index contributed by atoms with van der Waals surface area (Å²) in [5, 5.41) is 2.56. The second kappa shape index (κ2) is 8.29. The lowest BCUT2D eigenvalue weighted by atomic mass is 9.93. The minimum absolute atomic E-state index is 0.0837. The monoisotopic (exact) mass is 327 g/mol. The summed E-state index contributed by atoms with van der Waals surface area (Å²) >= 11 is 0. The second-order valence-electron chi connectivity index (χ2n) is 5.88. The molecule has 2 N–H and O–H groups in total. The number of hydrogen-bond acceptors (Lipinski definition) is 3. The van der Waals surface area contributed by atoms with Gasteiger partial charge in [0.1, 0.15) is 0 Å². The highest BCUT2D eigenvalue weighted by Crippen LogP contribution is 2.21. The molecule has 1 aromatic rings. The first-order valence-electron chi connectivity index (χ1n) is 7.54. The maximum atomic E-state index is 12.1. The lowest BCUT2D eigenvalue weighted by molar-refractivity contribution is -0.122. The summed E-state index contributed by atoms with van der Waals surface area (Å²) in [6.45, 7) is 6.14. The van der Waals surface area contributed by atoms with Gasteiger partial charge in [0.2, 0.25) is 5.91 Å². The highest BCUT2D eigenvalue weighted by atomic mass is 32.2. The van der Waals surface area contributed by atoms with Crippen molar-refractivity contribution in [3.05, 3.63) is 35.4 Å². The fraction of sp³-hybridized carbons (Fsp3) is 0.562. The topological polar surface area (TPSA) is 83.5 Å². The average Bonchev–Trinajstić information content (AvgIpc) is 2.39. The van der Waals surface area contributed by atoms with Crippen molar-refractivity contribution < 1.29 is 17.8 Å². The van der Waals surface area contributed by atoms with Gasteiger partial charge in [-0.25, -0.2) is 0 Å². The normalized spacial score (nSPS) is 13.1. The molecule has 0 heterocycles. The van der Waals surface area contributed by atoms with E-state index in [9.17, 15) is 13.2 Å². The van der Waals surface area contributed by atoms with Gasteiger partial charge in [0.25, 0.3) is 10.1 Å². The van der Waals surface area contributed by atoms with Crippen LogP contribution in [0, 0.1) is 5.92 Å². The molecule has 1 aromatic carbocycles. The number of benzene rings is 1. The third-order valence-electron chi connectivity index (χ3n) is 3.41. The van der Waals surface area contributed by atoms with Crippen LogP contribution in [0.25, 0.3) is 0 Å². The summed E-state index contributed by atoms with van der Waals surface area (Å²) in [5.41, 5.74) is 2.15. The van der Waals surface area contributed by atoms with E-state index in [1.807, 2.05) is 31.2 Å². The maximum Gasteiger partial charge on any atom is 0.266 e. The summed E-state index contributed by atoms with van der Waals surface area (Å²) < 4.78 is 30.0. The van der Waals surface area contributed by atoms with Crippen LogP contribution in [0.3, 0.4) is 0 Å². The van der Waals surface area contributed by atoms with Crippen molar-refractivity contribution in [2.45, 2.75) is 39.5 Å². The lowest BCUT2D eigenvalue weighted by Gasteiger charge is -2.16. The zero-order valence-electron chi connectivity index (χ0n) is 13.4. The van der Waals surface area contributed by atoms with E-state index in [4.69, 9.17) is 4.55 Å². The Kier molecular flexibility index (Phi) is 7.03. The molecule has 1 atom stereocenters. The molecule has 1 amide bonds. The molecular formula is C16H25NO4S. The summed E-state index contributed by atoms with van der Waals surface area (Å²) in [6.07, 6.45) is 1.62. The van der Waals surface area contributed by atoms with Crippen molar-refractivity contribution in [2.24, 2.45) is 5.92 Å². The van der Waals surface area contributed by atoms with Crippen molar-refractivity contribution >= 4 is 16.0 Å². The molecule has 0 bridgehead atoms. The van der Waals surface area contributed by atoms with Crippen LogP contribution in [0.2, 0.25) is 0 Å². The first-order valence-corrected chi connectivity index (χ1v) is 9.15. The third kappa shape index (κ3) is 6.58. The van der Waals surface area contributed by atoms with Gasteiger partial charge < -0.3 is 5.32 Å². The van der Waals surface area contributed by atoms with Crippen LogP contribution in [0.4, 0.5) is 0 Å². The molecule has 5 nitrogen and oxygen atoms in total. The minimum Gasteiger partial charge on any atom is -0.354 e. The number of hydrogen-bond donors (Lipinski definition) is 2. The molecule has 0 aliphatic rings. The van der Waals surface area contributed by atoms with Crippen molar-refractivity contribution in [2.75, 3.05) is 12.3 Å². The lowest BCUT2D eigenvalue weighted by Crippen LogP contribution is -2.33. The average molecular weight is 327 g/mol. The molecule has 0 saturated carbocycles. The van der Waals surface area contributed by atoms with E-state index in [1.165, 1.54) is 5.56 Å². The molecule has 0 aliphatic carbocycles. The van der Waals surface area contributed by atoms with E-state index in [1.54, 1.807) is 0 Å². The Bertz CT molecular complexity index is 579. The van der Waals surface area contributed by atoms with Crippen molar-refractivity contribution in [3.63, 3.8) is 0 Å². The molecule has 0 saturated heterocycles. The largest absolute Gasteiger partial charge is 0.354 e. The number of nitrogens with one attached hydrogen (secondary N) is 1. The molecule has 6 heteroatoms. The first-order chi connectivity index (χ1) is 10.2. The van der Waals surface area contributed by atoms with E-state index in [2.05, 4.69) is 19.2 Å².